The molecule has 0 aliphatic heterocycles. The summed E-state index contributed by atoms with van der Waals surface area (Å²) >= 11 is 0. The number of carbonyl (C=O) groups is 2. The molecular formula is C22H19NO2. The Labute approximate surface area is 147 Å². The van der Waals surface area contributed by atoms with E-state index in [1.807, 2.05) is 55.5 Å². The van der Waals surface area contributed by atoms with Gasteiger partial charge in [-0.15, -0.1) is 0 Å². The fourth-order valence-electron chi connectivity index (χ4n) is 2.64. The van der Waals surface area contributed by atoms with Gasteiger partial charge < -0.3 is 5.32 Å². The van der Waals surface area contributed by atoms with Crippen molar-refractivity contribution in [3.8, 4) is 0 Å². The molecule has 3 rings (SSSR count). The van der Waals surface area contributed by atoms with E-state index < -0.39 is 0 Å². The van der Waals surface area contributed by atoms with Crippen LogP contribution in [0.15, 0.2) is 78.9 Å². The first-order chi connectivity index (χ1) is 12.2. The summed E-state index contributed by atoms with van der Waals surface area (Å²) in [5.41, 5.74) is 3.26. The lowest BCUT2D eigenvalue weighted by Crippen LogP contribution is -2.15. The minimum Gasteiger partial charge on any atom is -0.321 e. The maximum atomic E-state index is 12.8. The molecule has 0 aromatic heterocycles. The first-order valence-electron chi connectivity index (χ1n) is 8.28. The van der Waals surface area contributed by atoms with Crippen molar-refractivity contribution in [2.45, 2.75) is 13.3 Å². The lowest BCUT2D eigenvalue weighted by atomic mass is 9.99. The topological polar surface area (TPSA) is 46.2 Å². The van der Waals surface area contributed by atoms with Crippen molar-refractivity contribution in [2.75, 3.05) is 5.32 Å². The van der Waals surface area contributed by atoms with Crippen LogP contribution in [0.5, 0.6) is 0 Å². The number of ketones is 1. The molecule has 3 aromatic rings. The number of aryl methyl sites for hydroxylation is 1. The summed E-state index contributed by atoms with van der Waals surface area (Å²) in [7, 11) is 0. The molecule has 124 valence electrons. The monoisotopic (exact) mass is 329 g/mol. The van der Waals surface area contributed by atoms with Crippen LogP contribution in [0.25, 0.3) is 0 Å². The molecule has 0 radical (unpaired) electrons. The van der Waals surface area contributed by atoms with Crippen LogP contribution in [0.1, 0.15) is 38.8 Å². The molecule has 0 bridgehead atoms. The Morgan fingerprint density at radius 1 is 0.800 bits per heavy atom. The van der Waals surface area contributed by atoms with Gasteiger partial charge in [0.05, 0.1) is 5.69 Å². The van der Waals surface area contributed by atoms with Gasteiger partial charge in [0, 0.05) is 16.7 Å². The van der Waals surface area contributed by atoms with Gasteiger partial charge in [-0.05, 0) is 36.2 Å². The summed E-state index contributed by atoms with van der Waals surface area (Å²) in [4.78, 5) is 25.3. The third-order valence-electron chi connectivity index (χ3n) is 4.06. The van der Waals surface area contributed by atoms with Gasteiger partial charge in [0.2, 0.25) is 0 Å². The molecule has 0 saturated heterocycles. The maximum absolute atomic E-state index is 12.8. The van der Waals surface area contributed by atoms with E-state index in [1.54, 1.807) is 30.3 Å². The summed E-state index contributed by atoms with van der Waals surface area (Å²) in [5, 5.41) is 2.89. The molecule has 0 aliphatic carbocycles. The second-order valence-corrected chi connectivity index (χ2v) is 5.75. The molecule has 0 fully saturated rings. The molecular weight excluding hydrogens is 310 g/mol. The molecule has 3 nitrogen and oxygen atoms in total. The van der Waals surface area contributed by atoms with E-state index in [-0.39, 0.29) is 11.7 Å². The molecule has 0 heterocycles. The van der Waals surface area contributed by atoms with Crippen LogP contribution in [-0.2, 0) is 6.42 Å². The highest BCUT2D eigenvalue weighted by Crippen LogP contribution is 2.22. The largest absolute Gasteiger partial charge is 0.321 e. The van der Waals surface area contributed by atoms with Gasteiger partial charge >= 0.3 is 0 Å². The second-order valence-electron chi connectivity index (χ2n) is 5.75. The van der Waals surface area contributed by atoms with Gasteiger partial charge in [-0.3, -0.25) is 9.59 Å². The Bertz CT molecular complexity index is 886. The molecule has 0 aliphatic rings. The van der Waals surface area contributed by atoms with E-state index in [0.29, 0.717) is 22.4 Å². The highest BCUT2D eigenvalue weighted by atomic mass is 16.1. The quantitative estimate of drug-likeness (QED) is 0.688. The van der Waals surface area contributed by atoms with E-state index in [1.165, 1.54) is 0 Å². The number of benzene rings is 3. The average molecular weight is 329 g/mol. The number of carbonyl (C=O) groups excluding carboxylic acids is 2. The minimum absolute atomic E-state index is 0.105. The summed E-state index contributed by atoms with van der Waals surface area (Å²) in [6, 6.07) is 23.6. The van der Waals surface area contributed by atoms with Crippen LogP contribution in [0.3, 0.4) is 0 Å². The van der Waals surface area contributed by atoms with Crippen molar-refractivity contribution in [3.63, 3.8) is 0 Å². The van der Waals surface area contributed by atoms with Crippen LogP contribution >= 0.6 is 0 Å². The van der Waals surface area contributed by atoms with E-state index >= 15 is 0 Å². The van der Waals surface area contributed by atoms with Crippen molar-refractivity contribution in [3.05, 3.63) is 101 Å². The highest BCUT2D eigenvalue weighted by Gasteiger charge is 2.16. The molecule has 1 amide bonds. The van der Waals surface area contributed by atoms with Crippen molar-refractivity contribution in [1.82, 2.24) is 0 Å². The van der Waals surface area contributed by atoms with Crippen molar-refractivity contribution < 1.29 is 9.59 Å². The van der Waals surface area contributed by atoms with Gasteiger partial charge in [-0.1, -0.05) is 61.5 Å². The van der Waals surface area contributed by atoms with E-state index in [0.717, 1.165) is 12.0 Å². The van der Waals surface area contributed by atoms with E-state index in [2.05, 4.69) is 5.32 Å². The molecule has 0 atom stereocenters. The van der Waals surface area contributed by atoms with Gasteiger partial charge in [-0.25, -0.2) is 0 Å². The van der Waals surface area contributed by atoms with Gasteiger partial charge in [-0.2, -0.15) is 0 Å². The lowest BCUT2D eigenvalue weighted by molar-refractivity contribution is 0.102. The van der Waals surface area contributed by atoms with Crippen LogP contribution in [0, 0.1) is 0 Å². The Hall–Kier alpha value is -3.20. The summed E-state index contributed by atoms with van der Waals surface area (Å²) in [6.07, 6.45) is 0.827. The van der Waals surface area contributed by atoms with E-state index in [9.17, 15) is 9.59 Å². The standard InChI is InChI=1S/C22H19NO2/c1-2-16-13-14-19(21(24)17-9-5-3-6-10-17)20(15-16)23-22(25)18-11-7-4-8-12-18/h3-15H,2H2,1H3,(H,23,25). The fraction of sp³-hybridized carbons (Fsp3) is 0.0909. The Morgan fingerprint density at radius 3 is 2.00 bits per heavy atom. The number of rotatable bonds is 5. The summed E-state index contributed by atoms with van der Waals surface area (Å²) in [6.45, 7) is 2.04. The third-order valence-corrected chi connectivity index (χ3v) is 4.06. The number of hydrogen-bond donors (Lipinski definition) is 1. The SMILES string of the molecule is CCc1ccc(C(=O)c2ccccc2)c(NC(=O)c2ccccc2)c1. The van der Waals surface area contributed by atoms with Crippen LogP contribution in [0.4, 0.5) is 5.69 Å². The molecule has 25 heavy (non-hydrogen) atoms. The average Bonchev–Trinajstić information content (AvgIpc) is 2.68. The fourth-order valence-corrected chi connectivity index (χ4v) is 2.64. The van der Waals surface area contributed by atoms with Crippen molar-refractivity contribution >= 4 is 17.4 Å². The second kappa shape index (κ2) is 7.58. The molecule has 0 spiro atoms. The Balaban J connectivity index is 1.97. The third kappa shape index (κ3) is 3.83. The van der Waals surface area contributed by atoms with Crippen LogP contribution in [0.2, 0.25) is 0 Å². The molecule has 0 saturated carbocycles. The first-order valence-corrected chi connectivity index (χ1v) is 8.28. The van der Waals surface area contributed by atoms with Gasteiger partial charge in [0.25, 0.3) is 5.91 Å². The zero-order valence-electron chi connectivity index (χ0n) is 14.0. The predicted octanol–water partition coefficient (Wildman–Crippen LogP) is 4.73. The Kier molecular flexibility index (Phi) is 5.05. The minimum atomic E-state index is -0.226. The van der Waals surface area contributed by atoms with Crippen molar-refractivity contribution in [2.24, 2.45) is 0 Å². The zero-order chi connectivity index (χ0) is 17.6. The summed E-state index contributed by atoms with van der Waals surface area (Å²) < 4.78 is 0. The van der Waals surface area contributed by atoms with E-state index in [4.69, 9.17) is 0 Å². The molecule has 1 N–H and O–H groups in total. The maximum Gasteiger partial charge on any atom is 0.255 e. The lowest BCUT2D eigenvalue weighted by Gasteiger charge is -2.12. The normalized spacial score (nSPS) is 10.3. The number of anilines is 1. The van der Waals surface area contributed by atoms with Gasteiger partial charge in [0.1, 0.15) is 0 Å². The van der Waals surface area contributed by atoms with Gasteiger partial charge in [0.15, 0.2) is 5.78 Å². The summed E-state index contributed by atoms with van der Waals surface area (Å²) in [5.74, 6) is -0.331. The molecule has 3 aromatic carbocycles. The first kappa shape index (κ1) is 16.7. The molecule has 3 heteroatoms. The van der Waals surface area contributed by atoms with Crippen LogP contribution in [-0.4, -0.2) is 11.7 Å². The number of hydrogen-bond acceptors (Lipinski definition) is 2. The zero-order valence-corrected chi connectivity index (χ0v) is 14.0. The Morgan fingerprint density at radius 2 is 1.40 bits per heavy atom. The molecule has 0 unspecified atom stereocenters. The number of amides is 1. The number of nitrogens with one attached hydrogen (secondary N) is 1. The predicted molar refractivity (Wildman–Crippen MR) is 100 cm³/mol. The van der Waals surface area contributed by atoms with Crippen molar-refractivity contribution in [1.29, 1.82) is 0 Å². The highest BCUT2D eigenvalue weighted by molar-refractivity contribution is 6.15. The smallest absolute Gasteiger partial charge is 0.255 e. The van der Waals surface area contributed by atoms with Crippen LogP contribution < -0.4 is 5.32 Å².